The zero-order valence-electron chi connectivity index (χ0n) is 9.74. The van der Waals surface area contributed by atoms with Crippen LogP contribution in [0, 0.1) is 17.3 Å². The molecule has 0 heterocycles. The van der Waals surface area contributed by atoms with E-state index in [2.05, 4.69) is 12.2 Å². The van der Waals surface area contributed by atoms with Crippen LogP contribution < -0.4 is 5.32 Å². The Morgan fingerprint density at radius 1 is 1.25 bits per heavy atom. The van der Waals surface area contributed by atoms with Gasteiger partial charge in [0.15, 0.2) is 0 Å². The Morgan fingerprint density at radius 2 is 1.88 bits per heavy atom. The van der Waals surface area contributed by atoms with Crippen LogP contribution in [0.5, 0.6) is 0 Å². The Morgan fingerprint density at radius 3 is 2.38 bits per heavy atom. The minimum absolute atomic E-state index is 0.282. The van der Waals surface area contributed by atoms with Gasteiger partial charge in [0, 0.05) is 0 Å². The molecule has 2 saturated carbocycles. The number of halogens is 3. The molecule has 2 aliphatic rings. The van der Waals surface area contributed by atoms with Gasteiger partial charge in [0.1, 0.15) is 0 Å². The Kier molecular flexibility index (Phi) is 3.21. The third-order valence-corrected chi connectivity index (χ3v) is 4.44. The molecule has 0 aromatic rings. The molecule has 0 amide bonds. The molecule has 1 spiro atoms. The van der Waals surface area contributed by atoms with Crippen LogP contribution in [0.15, 0.2) is 0 Å². The lowest BCUT2D eigenvalue weighted by molar-refractivity contribution is -0.185. The first kappa shape index (κ1) is 12.2. The van der Waals surface area contributed by atoms with Gasteiger partial charge in [-0.05, 0) is 56.5 Å². The number of hydrogen-bond acceptors (Lipinski definition) is 1. The maximum Gasteiger partial charge on any atom is 0.391 e. The molecule has 0 saturated heterocycles. The summed E-state index contributed by atoms with van der Waals surface area (Å²) in [4.78, 5) is 0. The van der Waals surface area contributed by atoms with E-state index >= 15 is 0 Å². The summed E-state index contributed by atoms with van der Waals surface area (Å²) >= 11 is 0. The van der Waals surface area contributed by atoms with Crippen molar-refractivity contribution in [3.05, 3.63) is 0 Å². The van der Waals surface area contributed by atoms with Gasteiger partial charge >= 0.3 is 6.18 Å². The normalized spacial score (nSPS) is 39.0. The van der Waals surface area contributed by atoms with E-state index in [9.17, 15) is 13.2 Å². The van der Waals surface area contributed by atoms with Crippen molar-refractivity contribution in [2.75, 3.05) is 13.1 Å². The summed E-state index contributed by atoms with van der Waals surface area (Å²) in [5, 5.41) is 3.30. The summed E-state index contributed by atoms with van der Waals surface area (Å²) in [6, 6.07) is 0. The molecular weight excluding hydrogens is 215 g/mol. The molecule has 94 valence electrons. The van der Waals surface area contributed by atoms with E-state index in [1.807, 2.05) is 0 Å². The van der Waals surface area contributed by atoms with E-state index < -0.39 is 12.1 Å². The Labute approximate surface area is 94.8 Å². The highest BCUT2D eigenvalue weighted by atomic mass is 19.4. The lowest BCUT2D eigenvalue weighted by atomic mass is 9.78. The fraction of sp³-hybridized carbons (Fsp3) is 1.00. The first-order valence-electron chi connectivity index (χ1n) is 6.25. The first-order chi connectivity index (χ1) is 7.48. The van der Waals surface area contributed by atoms with Crippen molar-refractivity contribution in [1.82, 2.24) is 5.32 Å². The lowest BCUT2D eigenvalue weighted by Gasteiger charge is -2.30. The van der Waals surface area contributed by atoms with Gasteiger partial charge in [0.2, 0.25) is 0 Å². The Hall–Kier alpha value is -0.250. The van der Waals surface area contributed by atoms with Crippen LogP contribution in [0.25, 0.3) is 0 Å². The van der Waals surface area contributed by atoms with E-state index in [-0.39, 0.29) is 5.41 Å². The quantitative estimate of drug-likeness (QED) is 0.791. The van der Waals surface area contributed by atoms with Crippen LogP contribution in [0.4, 0.5) is 13.2 Å². The molecule has 1 nitrogen and oxygen atoms in total. The Bertz CT molecular complexity index is 241. The van der Waals surface area contributed by atoms with E-state index in [1.54, 1.807) is 0 Å². The molecule has 0 aliphatic heterocycles. The van der Waals surface area contributed by atoms with E-state index in [1.165, 1.54) is 0 Å². The molecule has 1 atom stereocenters. The van der Waals surface area contributed by atoms with Crippen molar-refractivity contribution in [2.45, 2.75) is 45.2 Å². The predicted octanol–water partition coefficient (Wildman–Crippen LogP) is 3.35. The second-order valence-corrected chi connectivity index (χ2v) is 5.39. The smallest absolute Gasteiger partial charge is 0.317 e. The number of hydrogen-bond donors (Lipinski definition) is 1. The van der Waals surface area contributed by atoms with Crippen molar-refractivity contribution in [3.63, 3.8) is 0 Å². The van der Waals surface area contributed by atoms with Gasteiger partial charge < -0.3 is 5.32 Å². The zero-order chi connectivity index (χ0) is 11.8. The molecule has 0 aromatic heterocycles. The highest BCUT2D eigenvalue weighted by molar-refractivity contribution is 5.05. The van der Waals surface area contributed by atoms with Crippen molar-refractivity contribution < 1.29 is 13.2 Å². The molecule has 0 aromatic carbocycles. The van der Waals surface area contributed by atoms with E-state index in [0.29, 0.717) is 18.8 Å². The third-order valence-electron chi connectivity index (χ3n) is 4.44. The second kappa shape index (κ2) is 4.21. The van der Waals surface area contributed by atoms with Crippen LogP contribution in [0.1, 0.15) is 39.0 Å². The van der Waals surface area contributed by atoms with Crippen molar-refractivity contribution in [2.24, 2.45) is 17.3 Å². The molecule has 2 rings (SSSR count). The van der Waals surface area contributed by atoms with Gasteiger partial charge in [-0.25, -0.2) is 0 Å². The summed E-state index contributed by atoms with van der Waals surface area (Å²) in [6.07, 6.45) is -0.545. The highest BCUT2D eigenvalue weighted by Crippen LogP contribution is 2.62. The predicted molar refractivity (Wildman–Crippen MR) is 57.1 cm³/mol. The lowest BCUT2D eigenvalue weighted by Crippen LogP contribution is -2.30. The molecule has 16 heavy (non-hydrogen) atoms. The number of alkyl halides is 3. The number of rotatable bonds is 3. The van der Waals surface area contributed by atoms with Gasteiger partial charge in [-0.2, -0.15) is 13.2 Å². The zero-order valence-corrected chi connectivity index (χ0v) is 9.74. The minimum atomic E-state index is -3.96. The maximum atomic E-state index is 12.5. The van der Waals surface area contributed by atoms with Gasteiger partial charge in [-0.15, -0.1) is 0 Å². The van der Waals surface area contributed by atoms with Crippen LogP contribution in [-0.2, 0) is 0 Å². The average Bonchev–Trinajstić information content (AvgIpc) is 2.87. The molecule has 1 unspecified atom stereocenters. The highest BCUT2D eigenvalue weighted by Gasteiger charge is 2.56. The average molecular weight is 235 g/mol. The fourth-order valence-electron chi connectivity index (χ4n) is 3.17. The Balaban J connectivity index is 1.79. The van der Waals surface area contributed by atoms with Crippen LogP contribution in [0.2, 0.25) is 0 Å². The van der Waals surface area contributed by atoms with Gasteiger partial charge in [-0.3, -0.25) is 0 Å². The van der Waals surface area contributed by atoms with Crippen LogP contribution in [0.3, 0.4) is 0 Å². The largest absolute Gasteiger partial charge is 0.391 e. The third kappa shape index (κ3) is 2.36. The van der Waals surface area contributed by atoms with Crippen LogP contribution in [-0.4, -0.2) is 19.3 Å². The first-order valence-corrected chi connectivity index (χ1v) is 6.25. The maximum absolute atomic E-state index is 12.5. The molecule has 2 fully saturated rings. The molecule has 0 bridgehead atoms. The molecule has 1 N–H and O–H groups in total. The number of nitrogens with one attached hydrogen (secondary N) is 1. The van der Waals surface area contributed by atoms with E-state index in [4.69, 9.17) is 0 Å². The van der Waals surface area contributed by atoms with Crippen molar-refractivity contribution >= 4 is 0 Å². The van der Waals surface area contributed by atoms with Gasteiger partial charge in [0.05, 0.1) is 5.92 Å². The molecule has 4 heteroatoms. The summed E-state index contributed by atoms with van der Waals surface area (Å²) < 4.78 is 37.5. The molecule has 0 radical (unpaired) electrons. The topological polar surface area (TPSA) is 12.0 Å². The van der Waals surface area contributed by atoms with Crippen molar-refractivity contribution in [1.29, 1.82) is 0 Å². The fourth-order valence-corrected chi connectivity index (χ4v) is 3.17. The summed E-state index contributed by atoms with van der Waals surface area (Å²) in [7, 11) is 0. The van der Waals surface area contributed by atoms with Crippen LogP contribution >= 0.6 is 0 Å². The minimum Gasteiger partial charge on any atom is -0.317 e. The SMILES string of the molecule is CCNCC1CC12CCC(C(F)(F)F)CC2. The standard InChI is InChI=1S/C12H20F3N/c1-2-16-8-10-7-11(10)5-3-9(4-6-11)12(13,14)15/h9-10,16H,2-8H2,1H3. The summed E-state index contributed by atoms with van der Waals surface area (Å²) in [6.45, 7) is 4.01. The van der Waals surface area contributed by atoms with Gasteiger partial charge in [-0.1, -0.05) is 6.92 Å². The van der Waals surface area contributed by atoms with Crippen molar-refractivity contribution in [3.8, 4) is 0 Å². The molecule has 2 aliphatic carbocycles. The van der Waals surface area contributed by atoms with Gasteiger partial charge in [0.25, 0.3) is 0 Å². The second-order valence-electron chi connectivity index (χ2n) is 5.39. The monoisotopic (exact) mass is 235 g/mol. The summed E-state index contributed by atoms with van der Waals surface area (Å²) in [5.74, 6) is -0.389. The summed E-state index contributed by atoms with van der Waals surface area (Å²) in [5.41, 5.74) is 0.282. The molecular formula is C12H20F3N. The van der Waals surface area contributed by atoms with E-state index in [0.717, 1.165) is 32.4 Å².